The third kappa shape index (κ3) is 3.53. The summed E-state index contributed by atoms with van der Waals surface area (Å²) in [5.41, 5.74) is 1.43. The second-order valence-electron chi connectivity index (χ2n) is 7.44. The van der Waals surface area contributed by atoms with Crippen molar-refractivity contribution in [2.45, 2.75) is 45.2 Å². The van der Waals surface area contributed by atoms with Crippen LogP contribution < -0.4 is 10.2 Å². The Morgan fingerprint density at radius 3 is 2.77 bits per heavy atom. The maximum Gasteiger partial charge on any atom is 0.134 e. The Hall–Kier alpha value is -2.15. The van der Waals surface area contributed by atoms with Crippen molar-refractivity contribution in [2.24, 2.45) is 0 Å². The summed E-state index contributed by atoms with van der Waals surface area (Å²) in [6.07, 6.45) is 7.33. The minimum atomic E-state index is 0.655. The van der Waals surface area contributed by atoms with Crippen molar-refractivity contribution in [3.8, 4) is 0 Å². The van der Waals surface area contributed by atoms with Gasteiger partial charge >= 0.3 is 0 Å². The molecule has 2 aliphatic heterocycles. The van der Waals surface area contributed by atoms with E-state index in [1.807, 2.05) is 6.07 Å². The molecule has 26 heavy (non-hydrogen) atoms. The number of fused-ring (bicyclic) bond motifs is 1. The minimum absolute atomic E-state index is 0.655. The van der Waals surface area contributed by atoms with Gasteiger partial charge in [0.1, 0.15) is 23.8 Å². The zero-order valence-electron chi connectivity index (χ0n) is 15.9. The second kappa shape index (κ2) is 7.61. The summed E-state index contributed by atoms with van der Waals surface area (Å²) in [6, 6.07) is 2.05. The van der Waals surface area contributed by atoms with Crippen LogP contribution in [0.25, 0.3) is 0 Å². The smallest absolute Gasteiger partial charge is 0.134 e. The molecule has 0 aromatic carbocycles. The van der Waals surface area contributed by atoms with E-state index in [0.29, 0.717) is 5.92 Å². The Morgan fingerprint density at radius 1 is 1.12 bits per heavy atom. The van der Waals surface area contributed by atoms with Crippen LogP contribution in [0.1, 0.15) is 43.6 Å². The van der Waals surface area contributed by atoms with Gasteiger partial charge in [0.05, 0.1) is 6.54 Å². The molecule has 0 radical (unpaired) electrons. The fourth-order valence-electron chi connectivity index (χ4n) is 3.98. The maximum absolute atomic E-state index is 4.75. The lowest BCUT2D eigenvalue weighted by atomic mass is 9.94. The predicted molar refractivity (Wildman–Crippen MR) is 104 cm³/mol. The van der Waals surface area contributed by atoms with Crippen molar-refractivity contribution in [3.63, 3.8) is 0 Å². The molecule has 0 amide bonds. The van der Waals surface area contributed by atoms with Crippen molar-refractivity contribution in [2.75, 3.05) is 43.4 Å². The normalized spacial score (nSPS) is 18.8. The lowest BCUT2D eigenvalue weighted by Crippen LogP contribution is -2.36. The van der Waals surface area contributed by atoms with E-state index in [0.717, 1.165) is 50.1 Å². The van der Waals surface area contributed by atoms with Crippen molar-refractivity contribution in [1.29, 1.82) is 0 Å². The highest BCUT2D eigenvalue weighted by molar-refractivity contribution is 5.48. The van der Waals surface area contributed by atoms with Gasteiger partial charge in [-0.2, -0.15) is 0 Å². The summed E-state index contributed by atoms with van der Waals surface area (Å²) in [6.45, 7) is 8.22. The molecule has 1 fully saturated rings. The molecule has 4 heterocycles. The number of nitrogens with zero attached hydrogens (tertiary/aromatic N) is 6. The van der Waals surface area contributed by atoms with E-state index in [2.05, 4.69) is 49.8 Å². The van der Waals surface area contributed by atoms with Gasteiger partial charge in [0.25, 0.3) is 0 Å². The molecule has 0 bridgehead atoms. The monoisotopic (exact) mass is 355 g/mol. The number of aromatic nitrogens is 4. The van der Waals surface area contributed by atoms with Crippen LogP contribution in [0.3, 0.4) is 0 Å². The second-order valence-corrected chi connectivity index (χ2v) is 7.44. The number of rotatable bonds is 5. The Balaban J connectivity index is 1.47. The Kier molecular flexibility index (Phi) is 5.06. The maximum atomic E-state index is 4.75. The van der Waals surface area contributed by atoms with Gasteiger partial charge in [-0.05, 0) is 39.4 Å². The summed E-state index contributed by atoms with van der Waals surface area (Å²) in [5, 5.41) is 3.34. The van der Waals surface area contributed by atoms with Crippen molar-refractivity contribution >= 4 is 11.6 Å². The molecule has 0 aliphatic carbocycles. The summed E-state index contributed by atoms with van der Waals surface area (Å²) in [7, 11) is 2.21. The van der Waals surface area contributed by atoms with E-state index in [1.165, 1.54) is 31.6 Å². The SMILES string of the molecule is CCCNc1cc(N2CCn3c(C4CCN(C)CC4)cnc3C2)ncn1. The summed E-state index contributed by atoms with van der Waals surface area (Å²) in [4.78, 5) is 18.3. The first kappa shape index (κ1) is 17.3. The molecule has 0 unspecified atom stereocenters. The number of anilines is 2. The Bertz CT molecular complexity index is 733. The van der Waals surface area contributed by atoms with Crippen molar-refractivity contribution < 1.29 is 0 Å². The van der Waals surface area contributed by atoms with Crippen LogP contribution in [0, 0.1) is 0 Å². The quantitative estimate of drug-likeness (QED) is 0.888. The number of imidazole rings is 1. The molecule has 140 valence electrons. The van der Waals surface area contributed by atoms with Gasteiger partial charge in [-0.1, -0.05) is 6.92 Å². The number of likely N-dealkylation sites (tertiary alicyclic amines) is 1. The van der Waals surface area contributed by atoms with Crippen LogP contribution in [0.2, 0.25) is 0 Å². The van der Waals surface area contributed by atoms with E-state index in [4.69, 9.17) is 4.98 Å². The summed E-state index contributed by atoms with van der Waals surface area (Å²) in [5.74, 6) is 3.70. The summed E-state index contributed by atoms with van der Waals surface area (Å²) < 4.78 is 2.45. The largest absolute Gasteiger partial charge is 0.370 e. The van der Waals surface area contributed by atoms with E-state index >= 15 is 0 Å². The molecule has 2 aromatic heterocycles. The van der Waals surface area contributed by atoms with Crippen molar-refractivity contribution in [3.05, 3.63) is 30.1 Å². The van der Waals surface area contributed by atoms with Gasteiger partial charge in [0.15, 0.2) is 0 Å². The fourth-order valence-corrected chi connectivity index (χ4v) is 3.98. The van der Waals surface area contributed by atoms with Crippen LogP contribution in [0.4, 0.5) is 11.6 Å². The minimum Gasteiger partial charge on any atom is -0.370 e. The van der Waals surface area contributed by atoms with Crippen LogP contribution in [-0.4, -0.2) is 57.6 Å². The van der Waals surface area contributed by atoms with Gasteiger partial charge in [-0.25, -0.2) is 15.0 Å². The van der Waals surface area contributed by atoms with Gasteiger partial charge in [0.2, 0.25) is 0 Å². The van der Waals surface area contributed by atoms with Crippen LogP contribution in [0.15, 0.2) is 18.6 Å². The third-order valence-electron chi connectivity index (χ3n) is 5.56. The molecule has 2 aliphatic rings. The van der Waals surface area contributed by atoms with E-state index in [9.17, 15) is 0 Å². The lowest BCUT2D eigenvalue weighted by molar-refractivity contribution is 0.250. The van der Waals surface area contributed by atoms with Gasteiger partial charge in [-0.3, -0.25) is 0 Å². The van der Waals surface area contributed by atoms with E-state index in [1.54, 1.807) is 6.33 Å². The van der Waals surface area contributed by atoms with Crippen molar-refractivity contribution in [1.82, 2.24) is 24.4 Å². The topological polar surface area (TPSA) is 62.1 Å². The fraction of sp³-hybridized carbons (Fsp3) is 0.632. The zero-order chi connectivity index (χ0) is 17.9. The Morgan fingerprint density at radius 2 is 1.96 bits per heavy atom. The lowest BCUT2D eigenvalue weighted by Gasteiger charge is -2.33. The Labute approximate surface area is 155 Å². The highest BCUT2D eigenvalue weighted by Crippen LogP contribution is 2.30. The van der Waals surface area contributed by atoms with E-state index < -0.39 is 0 Å². The van der Waals surface area contributed by atoms with Gasteiger partial charge in [0, 0.05) is 43.5 Å². The van der Waals surface area contributed by atoms with Crippen LogP contribution in [-0.2, 0) is 13.1 Å². The van der Waals surface area contributed by atoms with Crippen LogP contribution in [0.5, 0.6) is 0 Å². The average Bonchev–Trinajstić information content (AvgIpc) is 3.10. The molecular weight excluding hydrogens is 326 g/mol. The molecule has 2 aromatic rings. The molecule has 1 N–H and O–H groups in total. The molecular formula is C19H29N7. The highest BCUT2D eigenvalue weighted by Gasteiger charge is 2.26. The molecule has 0 saturated carbocycles. The average molecular weight is 355 g/mol. The van der Waals surface area contributed by atoms with Gasteiger partial charge < -0.3 is 19.7 Å². The number of hydrogen-bond acceptors (Lipinski definition) is 6. The van der Waals surface area contributed by atoms with Crippen LogP contribution >= 0.6 is 0 Å². The number of nitrogens with one attached hydrogen (secondary N) is 1. The number of piperidine rings is 1. The first-order valence-corrected chi connectivity index (χ1v) is 9.78. The molecule has 4 rings (SSSR count). The molecule has 1 saturated heterocycles. The standard InChI is InChI=1S/C19H29N7/c1-3-6-20-17-11-18(23-14-22-17)25-9-10-26-16(12-21-19(26)13-25)15-4-7-24(2)8-5-15/h11-12,14-15H,3-10,13H2,1-2H3,(H,20,22,23). The zero-order valence-corrected chi connectivity index (χ0v) is 15.9. The molecule has 0 atom stereocenters. The van der Waals surface area contributed by atoms with E-state index in [-0.39, 0.29) is 0 Å². The third-order valence-corrected chi connectivity index (χ3v) is 5.56. The first-order chi connectivity index (χ1) is 12.7. The molecule has 0 spiro atoms. The predicted octanol–water partition coefficient (Wildman–Crippen LogP) is 2.32. The first-order valence-electron chi connectivity index (χ1n) is 9.78. The van der Waals surface area contributed by atoms with Gasteiger partial charge in [-0.15, -0.1) is 0 Å². The summed E-state index contributed by atoms with van der Waals surface area (Å²) >= 11 is 0. The molecule has 7 nitrogen and oxygen atoms in total. The molecule has 7 heteroatoms. The number of hydrogen-bond donors (Lipinski definition) is 1. The highest BCUT2D eigenvalue weighted by atomic mass is 15.3.